The molecule has 9 heavy (non-hydrogen) atoms. The molecule has 0 saturated carbocycles. The number of rotatable bonds is 2. The molecule has 0 radical (unpaired) electrons. The minimum absolute atomic E-state index is 0.444. The Kier molecular flexibility index (Phi) is 2.75. The topological polar surface area (TPSA) is 15.3 Å². The van der Waals surface area contributed by atoms with Crippen molar-refractivity contribution in [3.8, 4) is 0 Å². The number of nitrogens with zero attached hydrogens (tertiary/aromatic N) is 1. The van der Waals surface area contributed by atoms with Gasteiger partial charge in [-0.25, -0.2) is 0 Å². The zero-order valence-corrected chi connectivity index (χ0v) is 6.25. The third kappa shape index (κ3) is 2.12. The smallest absolute Gasteiger partial charge is 0.0422 e. The third-order valence-corrected chi connectivity index (χ3v) is 2.33. The summed E-state index contributed by atoms with van der Waals surface area (Å²) in [5.41, 5.74) is 0. The highest BCUT2D eigenvalue weighted by atomic mass is 32.2. The van der Waals surface area contributed by atoms with Gasteiger partial charge in [0.1, 0.15) is 0 Å². The van der Waals surface area contributed by atoms with E-state index in [0.717, 1.165) is 11.5 Å². The van der Waals surface area contributed by atoms with Crippen molar-refractivity contribution in [1.29, 1.82) is 0 Å². The maximum Gasteiger partial charge on any atom is 0.0422 e. The molecule has 1 atom stereocenters. The van der Waals surface area contributed by atoms with Gasteiger partial charge in [-0.15, -0.1) is 9.60 Å². The summed E-state index contributed by atoms with van der Waals surface area (Å²) >= 11 is 1.61. The van der Waals surface area contributed by atoms with Crippen molar-refractivity contribution in [3.63, 3.8) is 0 Å². The summed E-state index contributed by atoms with van der Waals surface area (Å²) in [6.45, 7) is 1.17. The highest BCUT2D eigenvalue weighted by Crippen LogP contribution is 2.19. The summed E-state index contributed by atoms with van der Waals surface area (Å²) < 4.78 is 15.2. The Balaban J connectivity index is 2.14. The summed E-state index contributed by atoms with van der Waals surface area (Å²) in [5, 5.41) is 1.31. The Labute approximate surface area is 58.9 Å². The van der Waals surface area contributed by atoms with Crippen LogP contribution in [0.3, 0.4) is 0 Å². The van der Waals surface area contributed by atoms with Crippen LogP contribution >= 0.6 is 11.9 Å². The number of halogens is 1. The predicted molar refractivity (Wildman–Crippen MR) is 37.7 cm³/mol. The molecule has 1 rings (SSSR count). The summed E-state index contributed by atoms with van der Waals surface area (Å²) in [4.78, 5) is 0. The molecule has 0 amide bonds. The molecule has 0 aliphatic carbocycles. The van der Waals surface area contributed by atoms with E-state index >= 15 is 0 Å². The van der Waals surface area contributed by atoms with Crippen molar-refractivity contribution in [1.82, 2.24) is 9.84 Å². The van der Waals surface area contributed by atoms with Crippen LogP contribution in [0.15, 0.2) is 0 Å². The standard InChI is InChI=1S/C5H11FN2S/c1-7-9-5-2-3-8(6)4-5/h5,7H,2-4H2,1H3. The maximum atomic E-state index is 12.3. The molecule has 0 spiro atoms. The molecule has 2 nitrogen and oxygen atoms in total. The van der Waals surface area contributed by atoms with Gasteiger partial charge in [0.2, 0.25) is 0 Å². The first-order valence-corrected chi connectivity index (χ1v) is 3.94. The van der Waals surface area contributed by atoms with Gasteiger partial charge in [0.15, 0.2) is 0 Å². The first kappa shape index (κ1) is 7.31. The average molecular weight is 150 g/mol. The van der Waals surface area contributed by atoms with Gasteiger partial charge in [0.05, 0.1) is 0 Å². The van der Waals surface area contributed by atoms with Gasteiger partial charge >= 0.3 is 0 Å². The fourth-order valence-electron chi connectivity index (χ4n) is 0.950. The SMILES string of the molecule is CNSC1CCN(F)C1. The Hall–Kier alpha value is 0.200. The van der Waals surface area contributed by atoms with Crippen LogP contribution in [-0.4, -0.2) is 30.5 Å². The fraction of sp³-hybridized carbons (Fsp3) is 1.00. The molecule has 1 aliphatic rings. The molecule has 0 aromatic heterocycles. The second kappa shape index (κ2) is 3.39. The molecule has 1 N–H and O–H groups in total. The fourth-order valence-corrected chi connectivity index (χ4v) is 1.74. The number of hydrogen-bond donors (Lipinski definition) is 1. The highest BCUT2D eigenvalue weighted by Gasteiger charge is 2.21. The van der Waals surface area contributed by atoms with Gasteiger partial charge in [-0.05, 0) is 13.5 Å². The van der Waals surface area contributed by atoms with Crippen LogP contribution in [0.5, 0.6) is 0 Å². The highest BCUT2D eigenvalue weighted by molar-refractivity contribution is 7.98. The molecule has 4 heteroatoms. The molecular formula is C5H11FN2S. The van der Waals surface area contributed by atoms with Crippen LogP contribution in [0.2, 0.25) is 0 Å². The van der Waals surface area contributed by atoms with E-state index in [-0.39, 0.29) is 0 Å². The molecule has 0 aromatic rings. The second-order valence-corrected chi connectivity index (χ2v) is 3.41. The first-order chi connectivity index (χ1) is 4.33. The Morgan fingerprint density at radius 2 is 2.56 bits per heavy atom. The molecule has 0 bridgehead atoms. The Bertz CT molecular complexity index is 89.0. The minimum atomic E-state index is 0.444. The normalized spacial score (nSPS) is 29.3. The van der Waals surface area contributed by atoms with Crippen LogP contribution in [-0.2, 0) is 0 Å². The van der Waals surface area contributed by atoms with Crippen molar-refractivity contribution >= 4 is 11.9 Å². The van der Waals surface area contributed by atoms with E-state index in [1.807, 2.05) is 7.05 Å². The quantitative estimate of drug-likeness (QED) is 0.463. The zero-order valence-electron chi connectivity index (χ0n) is 5.43. The van der Waals surface area contributed by atoms with Gasteiger partial charge < -0.3 is 0 Å². The van der Waals surface area contributed by atoms with E-state index in [2.05, 4.69) is 4.72 Å². The van der Waals surface area contributed by atoms with Gasteiger partial charge in [-0.2, -0.15) is 0 Å². The van der Waals surface area contributed by atoms with Crippen molar-refractivity contribution < 1.29 is 4.48 Å². The van der Waals surface area contributed by atoms with Gasteiger partial charge in [-0.1, -0.05) is 11.9 Å². The van der Waals surface area contributed by atoms with E-state index in [0.29, 0.717) is 18.3 Å². The second-order valence-electron chi connectivity index (χ2n) is 2.10. The van der Waals surface area contributed by atoms with Crippen LogP contribution in [0.4, 0.5) is 4.48 Å². The van der Waals surface area contributed by atoms with Crippen LogP contribution in [0.25, 0.3) is 0 Å². The monoisotopic (exact) mass is 150 g/mol. The van der Waals surface area contributed by atoms with E-state index < -0.39 is 0 Å². The molecular weight excluding hydrogens is 139 g/mol. The molecule has 1 fully saturated rings. The van der Waals surface area contributed by atoms with Crippen molar-refractivity contribution in [3.05, 3.63) is 0 Å². The molecule has 54 valence electrons. The van der Waals surface area contributed by atoms with E-state index in [1.165, 1.54) is 0 Å². The summed E-state index contributed by atoms with van der Waals surface area (Å²) in [7, 11) is 1.87. The lowest BCUT2D eigenvalue weighted by Crippen LogP contribution is -2.13. The zero-order chi connectivity index (χ0) is 6.69. The van der Waals surface area contributed by atoms with Crippen molar-refractivity contribution in [2.45, 2.75) is 11.7 Å². The molecule has 0 aromatic carbocycles. The predicted octanol–water partition coefficient (Wildman–Crippen LogP) is 0.813. The third-order valence-electron chi connectivity index (χ3n) is 1.38. The molecule has 1 saturated heterocycles. The largest absolute Gasteiger partial charge is 0.267 e. The molecule has 1 aliphatic heterocycles. The lowest BCUT2D eigenvalue weighted by atomic mass is 10.4. The van der Waals surface area contributed by atoms with Crippen molar-refractivity contribution in [2.75, 3.05) is 20.1 Å². The van der Waals surface area contributed by atoms with Gasteiger partial charge in [0, 0.05) is 18.3 Å². The lowest BCUT2D eigenvalue weighted by molar-refractivity contribution is 0.0579. The lowest BCUT2D eigenvalue weighted by Gasteiger charge is -2.04. The number of nitrogens with one attached hydrogen (secondary N) is 1. The van der Waals surface area contributed by atoms with Crippen LogP contribution in [0.1, 0.15) is 6.42 Å². The number of hydrogen-bond acceptors (Lipinski definition) is 3. The van der Waals surface area contributed by atoms with Gasteiger partial charge in [-0.3, -0.25) is 4.72 Å². The van der Waals surface area contributed by atoms with E-state index in [4.69, 9.17) is 0 Å². The Morgan fingerprint density at radius 1 is 1.78 bits per heavy atom. The van der Waals surface area contributed by atoms with E-state index in [1.54, 1.807) is 11.9 Å². The Morgan fingerprint density at radius 3 is 3.00 bits per heavy atom. The molecule has 1 unspecified atom stereocenters. The summed E-state index contributed by atoms with van der Waals surface area (Å²) in [6, 6.07) is 0. The van der Waals surface area contributed by atoms with Crippen LogP contribution in [0, 0.1) is 0 Å². The van der Waals surface area contributed by atoms with Crippen molar-refractivity contribution in [2.24, 2.45) is 0 Å². The maximum absolute atomic E-state index is 12.3. The van der Waals surface area contributed by atoms with E-state index in [9.17, 15) is 4.48 Å². The van der Waals surface area contributed by atoms with Crippen LogP contribution < -0.4 is 4.72 Å². The average Bonchev–Trinajstić information content (AvgIpc) is 2.17. The first-order valence-electron chi connectivity index (χ1n) is 3.06. The minimum Gasteiger partial charge on any atom is -0.267 e. The molecule has 1 heterocycles. The summed E-state index contributed by atoms with van der Waals surface area (Å²) in [6.07, 6.45) is 0.960. The van der Waals surface area contributed by atoms with Gasteiger partial charge in [0.25, 0.3) is 0 Å². The summed E-state index contributed by atoms with van der Waals surface area (Å²) in [5.74, 6) is 0.